The average Bonchev–Trinajstić information content (AvgIpc) is 2.86. The van der Waals surface area contributed by atoms with Gasteiger partial charge in [-0.1, -0.05) is 36.4 Å². The Morgan fingerprint density at radius 2 is 2.05 bits per heavy atom. The fourth-order valence-electron chi connectivity index (χ4n) is 2.93. The number of benzene rings is 2. The minimum atomic E-state index is 0.469. The van der Waals surface area contributed by atoms with Gasteiger partial charge in [-0.2, -0.15) is 0 Å². The molecule has 1 fully saturated rings. The topological polar surface area (TPSA) is 12.5 Å². The monoisotopic (exact) mass is 252 g/mol. The average molecular weight is 252 g/mol. The van der Waals surface area contributed by atoms with Crippen molar-refractivity contribution in [3.05, 3.63) is 48.0 Å². The molecule has 19 heavy (non-hydrogen) atoms. The first kappa shape index (κ1) is 12.7. The smallest absolute Gasteiger partial charge is 0.310 e. The molecule has 1 unspecified atom stereocenters. The van der Waals surface area contributed by atoms with Crippen molar-refractivity contribution in [2.24, 2.45) is 0 Å². The van der Waals surface area contributed by atoms with Crippen molar-refractivity contribution in [1.29, 1.82) is 0 Å². The highest BCUT2D eigenvalue weighted by Crippen LogP contribution is 2.22. The summed E-state index contributed by atoms with van der Waals surface area (Å²) < 4.78 is 5.20. The van der Waals surface area contributed by atoms with E-state index in [1.807, 2.05) is 7.48 Å². The molecule has 1 atom stereocenters. The zero-order valence-electron chi connectivity index (χ0n) is 11.4. The molecule has 0 saturated carbocycles. The minimum absolute atomic E-state index is 0.469. The first-order chi connectivity index (χ1) is 9.36. The van der Waals surface area contributed by atoms with Crippen LogP contribution in [0.3, 0.4) is 0 Å². The van der Waals surface area contributed by atoms with Crippen LogP contribution in [0.1, 0.15) is 18.4 Å². The highest BCUT2D eigenvalue weighted by Gasteiger charge is 2.25. The molecule has 0 amide bonds. The van der Waals surface area contributed by atoms with Crippen molar-refractivity contribution >= 4 is 18.3 Å². The summed E-state index contributed by atoms with van der Waals surface area (Å²) in [6.45, 7) is 2.17. The van der Waals surface area contributed by atoms with Gasteiger partial charge in [-0.25, -0.2) is 0 Å². The van der Waals surface area contributed by atoms with Crippen LogP contribution in [0.15, 0.2) is 42.5 Å². The van der Waals surface area contributed by atoms with Crippen LogP contribution >= 0.6 is 0 Å². The lowest BCUT2D eigenvalue weighted by atomic mass is 9.85. The summed E-state index contributed by atoms with van der Waals surface area (Å²) in [6, 6.07) is 15.3. The predicted molar refractivity (Wildman–Crippen MR) is 80.1 cm³/mol. The van der Waals surface area contributed by atoms with Crippen LogP contribution in [-0.2, 0) is 11.2 Å². The van der Waals surface area contributed by atoms with Gasteiger partial charge in [0, 0.05) is 19.6 Å². The Hall–Kier alpha value is -1.32. The normalized spacial score (nSPS) is 19.9. The van der Waals surface area contributed by atoms with Gasteiger partial charge in [0.05, 0.1) is 0 Å². The van der Waals surface area contributed by atoms with Crippen molar-refractivity contribution in [1.82, 2.24) is 4.90 Å². The maximum atomic E-state index is 5.20. The molecule has 1 aliphatic rings. The summed E-state index contributed by atoms with van der Waals surface area (Å²) in [5.74, 6) is 0.469. The van der Waals surface area contributed by atoms with Gasteiger partial charge in [-0.05, 0) is 41.8 Å². The third kappa shape index (κ3) is 2.83. The molecule has 2 aromatic carbocycles. The Balaban J connectivity index is 1.77. The molecule has 3 heteroatoms. The second-order valence-electron chi connectivity index (χ2n) is 5.23. The van der Waals surface area contributed by atoms with E-state index in [4.69, 9.17) is 4.65 Å². The molecule has 1 aliphatic heterocycles. The van der Waals surface area contributed by atoms with Crippen LogP contribution in [0.2, 0.25) is 0 Å². The van der Waals surface area contributed by atoms with Crippen LogP contribution in [-0.4, -0.2) is 32.0 Å². The van der Waals surface area contributed by atoms with Gasteiger partial charge in [0.1, 0.15) is 0 Å². The van der Waals surface area contributed by atoms with E-state index in [-0.39, 0.29) is 0 Å². The molecule has 97 valence electrons. The number of hydrogen-bond donors (Lipinski definition) is 0. The van der Waals surface area contributed by atoms with Crippen molar-refractivity contribution in [2.75, 3.05) is 13.7 Å². The van der Waals surface area contributed by atoms with E-state index in [2.05, 4.69) is 47.4 Å². The number of rotatable bonds is 4. The second kappa shape index (κ2) is 5.76. The van der Waals surface area contributed by atoms with Crippen molar-refractivity contribution in [2.45, 2.75) is 25.3 Å². The summed E-state index contributed by atoms with van der Waals surface area (Å²) >= 11 is 0. The van der Waals surface area contributed by atoms with Crippen LogP contribution in [0.5, 0.6) is 0 Å². The zero-order chi connectivity index (χ0) is 13.1. The highest BCUT2D eigenvalue weighted by atomic mass is 16.4. The molecule has 0 spiro atoms. The molecule has 2 aromatic rings. The van der Waals surface area contributed by atoms with Crippen LogP contribution < -0.4 is 0 Å². The molecule has 0 bridgehead atoms. The standard InChI is InChI=1S/C16H19BNO/c1-19-17-16-7-4-10-18(16)12-13-8-9-14-5-2-3-6-15(14)11-13/h2-3,5-6,8-9,11,16H,4,7,10,12H2,1H3. The van der Waals surface area contributed by atoms with Crippen LogP contribution in [0, 0.1) is 0 Å². The lowest BCUT2D eigenvalue weighted by molar-refractivity contribution is 0.280. The van der Waals surface area contributed by atoms with E-state index in [0.29, 0.717) is 5.94 Å². The Morgan fingerprint density at radius 1 is 1.21 bits per heavy atom. The molecule has 2 nitrogen and oxygen atoms in total. The van der Waals surface area contributed by atoms with Gasteiger partial charge in [-0.3, -0.25) is 0 Å². The highest BCUT2D eigenvalue weighted by molar-refractivity contribution is 6.29. The van der Waals surface area contributed by atoms with Gasteiger partial charge in [0.25, 0.3) is 0 Å². The molecule has 0 aromatic heterocycles. The van der Waals surface area contributed by atoms with Gasteiger partial charge < -0.3 is 9.55 Å². The molecule has 1 heterocycles. The predicted octanol–water partition coefficient (Wildman–Crippen LogP) is 3.03. The van der Waals surface area contributed by atoms with E-state index in [0.717, 1.165) is 13.1 Å². The maximum Gasteiger partial charge on any atom is 0.310 e. The summed E-state index contributed by atoms with van der Waals surface area (Å²) in [4.78, 5) is 2.49. The fourth-order valence-corrected chi connectivity index (χ4v) is 2.93. The van der Waals surface area contributed by atoms with E-state index >= 15 is 0 Å². The van der Waals surface area contributed by atoms with E-state index < -0.39 is 0 Å². The van der Waals surface area contributed by atoms with Gasteiger partial charge >= 0.3 is 7.48 Å². The molecule has 0 N–H and O–H groups in total. The summed E-state index contributed by atoms with van der Waals surface area (Å²) in [5, 5.41) is 2.64. The SMILES string of the molecule is CO[B]C1CCCN1Cc1ccc2ccccc2c1. The van der Waals surface area contributed by atoms with Crippen LogP contribution in [0.25, 0.3) is 10.8 Å². The number of likely N-dealkylation sites (tertiary alicyclic amines) is 1. The maximum absolute atomic E-state index is 5.20. The second-order valence-corrected chi connectivity index (χ2v) is 5.23. The van der Waals surface area contributed by atoms with E-state index in [9.17, 15) is 0 Å². The quantitative estimate of drug-likeness (QED) is 0.775. The zero-order valence-corrected chi connectivity index (χ0v) is 11.4. The first-order valence-corrected chi connectivity index (χ1v) is 6.95. The Kier molecular flexibility index (Phi) is 3.85. The van der Waals surface area contributed by atoms with Crippen molar-refractivity contribution in [3.63, 3.8) is 0 Å². The molecule has 3 rings (SSSR count). The van der Waals surface area contributed by atoms with Crippen molar-refractivity contribution < 1.29 is 4.65 Å². The van der Waals surface area contributed by atoms with Gasteiger partial charge in [0.15, 0.2) is 0 Å². The van der Waals surface area contributed by atoms with Crippen molar-refractivity contribution in [3.8, 4) is 0 Å². The lowest BCUT2D eigenvalue weighted by Gasteiger charge is -2.23. The largest absolute Gasteiger partial charge is 0.441 e. The lowest BCUT2D eigenvalue weighted by Crippen LogP contribution is -2.34. The van der Waals surface area contributed by atoms with Gasteiger partial charge in [-0.15, -0.1) is 0 Å². The fraction of sp³-hybridized carbons (Fsp3) is 0.375. The Labute approximate surface area is 115 Å². The third-order valence-electron chi connectivity index (χ3n) is 3.91. The first-order valence-electron chi connectivity index (χ1n) is 6.95. The molecular formula is C16H19BNO. The number of nitrogens with zero attached hydrogens (tertiary/aromatic N) is 1. The molecule has 0 aliphatic carbocycles. The summed E-state index contributed by atoms with van der Waals surface area (Å²) in [5.41, 5.74) is 1.38. The summed E-state index contributed by atoms with van der Waals surface area (Å²) in [7, 11) is 3.71. The number of fused-ring (bicyclic) bond motifs is 1. The Morgan fingerprint density at radius 3 is 2.89 bits per heavy atom. The van der Waals surface area contributed by atoms with Crippen LogP contribution in [0.4, 0.5) is 0 Å². The minimum Gasteiger partial charge on any atom is -0.441 e. The van der Waals surface area contributed by atoms with E-state index in [1.54, 1.807) is 7.11 Å². The molecular weight excluding hydrogens is 233 g/mol. The Bertz CT molecular complexity index is 557. The number of hydrogen-bond acceptors (Lipinski definition) is 2. The van der Waals surface area contributed by atoms with E-state index in [1.165, 1.54) is 29.2 Å². The summed E-state index contributed by atoms with van der Waals surface area (Å²) in [6.07, 6.45) is 2.47. The molecule has 1 radical (unpaired) electrons. The molecule has 1 saturated heterocycles. The van der Waals surface area contributed by atoms with Gasteiger partial charge in [0.2, 0.25) is 0 Å². The third-order valence-corrected chi connectivity index (χ3v) is 3.91.